The summed E-state index contributed by atoms with van der Waals surface area (Å²) in [7, 11) is 0. The van der Waals surface area contributed by atoms with Crippen molar-refractivity contribution in [3.8, 4) is 11.8 Å². The van der Waals surface area contributed by atoms with Gasteiger partial charge in [-0.15, -0.1) is 5.92 Å². The molecule has 0 amide bonds. The molecule has 0 saturated heterocycles. The van der Waals surface area contributed by atoms with Gasteiger partial charge in [0.25, 0.3) is 0 Å². The summed E-state index contributed by atoms with van der Waals surface area (Å²) in [5.74, 6) is 6.17. The molecule has 0 aliphatic carbocycles. The Hall–Kier alpha value is -1.33. The van der Waals surface area contributed by atoms with Gasteiger partial charge in [-0.25, -0.2) is 0 Å². The van der Waals surface area contributed by atoms with Crippen LogP contribution < -0.4 is 5.73 Å². The molecular weight excluding hydrogens is 160 g/mol. The average molecular weight is 174 g/mol. The van der Waals surface area contributed by atoms with Crippen LogP contribution in [0, 0.1) is 11.8 Å². The molecule has 1 aromatic heterocycles. The van der Waals surface area contributed by atoms with Crippen LogP contribution >= 0.6 is 0 Å². The summed E-state index contributed by atoms with van der Waals surface area (Å²) < 4.78 is 0. The molecule has 0 radical (unpaired) electrons. The Morgan fingerprint density at radius 3 is 3.00 bits per heavy atom. The van der Waals surface area contributed by atoms with Crippen molar-refractivity contribution in [3.63, 3.8) is 0 Å². The van der Waals surface area contributed by atoms with Crippen molar-refractivity contribution >= 4 is 0 Å². The van der Waals surface area contributed by atoms with E-state index in [1.54, 1.807) is 6.20 Å². The minimum absolute atomic E-state index is 0.724. The minimum atomic E-state index is 0.724. The third-order valence-corrected chi connectivity index (χ3v) is 1.65. The molecule has 2 N–H and O–H groups in total. The van der Waals surface area contributed by atoms with Gasteiger partial charge in [0.1, 0.15) is 0 Å². The molecule has 0 fully saturated rings. The molecule has 0 atom stereocenters. The van der Waals surface area contributed by atoms with E-state index >= 15 is 0 Å². The van der Waals surface area contributed by atoms with Crippen molar-refractivity contribution in [2.24, 2.45) is 5.73 Å². The predicted molar refractivity (Wildman–Crippen MR) is 54.0 cm³/mol. The van der Waals surface area contributed by atoms with Gasteiger partial charge in [-0.05, 0) is 24.6 Å². The quantitative estimate of drug-likeness (QED) is 0.555. The van der Waals surface area contributed by atoms with Gasteiger partial charge < -0.3 is 5.73 Å². The molecular formula is C11H14N2. The molecule has 68 valence electrons. The fourth-order valence-electron chi connectivity index (χ4n) is 0.946. The first kappa shape index (κ1) is 9.76. The Balaban J connectivity index is 2.29. The second-order valence-electron chi connectivity index (χ2n) is 2.78. The smallest absolute Gasteiger partial charge is 0.0355 e. The number of unbranched alkanes of at least 4 members (excludes halogenated alkanes) is 1. The minimum Gasteiger partial charge on any atom is -0.330 e. The highest BCUT2D eigenvalue weighted by Gasteiger charge is 1.85. The molecule has 0 aliphatic rings. The van der Waals surface area contributed by atoms with Crippen molar-refractivity contribution in [3.05, 3.63) is 30.1 Å². The lowest BCUT2D eigenvalue weighted by atomic mass is 10.2. The summed E-state index contributed by atoms with van der Waals surface area (Å²) in [6.07, 6.45) is 6.29. The van der Waals surface area contributed by atoms with Gasteiger partial charge in [0.15, 0.2) is 0 Å². The highest BCUT2D eigenvalue weighted by molar-refractivity contribution is 5.16. The Kier molecular flexibility index (Phi) is 4.66. The van der Waals surface area contributed by atoms with Crippen molar-refractivity contribution < 1.29 is 0 Å². The third kappa shape index (κ3) is 4.29. The van der Waals surface area contributed by atoms with Crippen molar-refractivity contribution in [1.29, 1.82) is 0 Å². The first-order valence-corrected chi connectivity index (χ1v) is 4.48. The molecule has 13 heavy (non-hydrogen) atoms. The van der Waals surface area contributed by atoms with Crippen LogP contribution in [-0.4, -0.2) is 11.5 Å². The van der Waals surface area contributed by atoms with E-state index in [9.17, 15) is 0 Å². The Labute approximate surface area is 79.2 Å². The number of nitrogens with two attached hydrogens (primary N) is 1. The van der Waals surface area contributed by atoms with Crippen LogP contribution in [0.1, 0.15) is 18.4 Å². The van der Waals surface area contributed by atoms with Gasteiger partial charge in [-0.1, -0.05) is 12.0 Å². The molecule has 0 saturated carbocycles. The van der Waals surface area contributed by atoms with Crippen molar-refractivity contribution in [2.45, 2.75) is 19.3 Å². The highest BCUT2D eigenvalue weighted by atomic mass is 14.6. The maximum Gasteiger partial charge on any atom is 0.0355 e. The number of pyridine rings is 1. The maximum absolute atomic E-state index is 5.34. The van der Waals surface area contributed by atoms with E-state index in [0.717, 1.165) is 25.8 Å². The van der Waals surface area contributed by atoms with Gasteiger partial charge >= 0.3 is 0 Å². The molecule has 1 rings (SSSR count). The first-order valence-electron chi connectivity index (χ1n) is 4.48. The van der Waals surface area contributed by atoms with Gasteiger partial charge in [-0.2, -0.15) is 0 Å². The zero-order valence-corrected chi connectivity index (χ0v) is 7.66. The summed E-state index contributed by atoms with van der Waals surface area (Å²) in [5.41, 5.74) is 6.51. The van der Waals surface area contributed by atoms with E-state index in [-0.39, 0.29) is 0 Å². The van der Waals surface area contributed by atoms with E-state index < -0.39 is 0 Å². The molecule has 2 heteroatoms. The monoisotopic (exact) mass is 174 g/mol. The van der Waals surface area contributed by atoms with Gasteiger partial charge in [0, 0.05) is 25.2 Å². The fourth-order valence-corrected chi connectivity index (χ4v) is 0.946. The topological polar surface area (TPSA) is 38.9 Å². The zero-order valence-electron chi connectivity index (χ0n) is 7.66. The normalized spacial score (nSPS) is 9.00. The van der Waals surface area contributed by atoms with Crippen LogP contribution in [0.5, 0.6) is 0 Å². The fraction of sp³-hybridized carbons (Fsp3) is 0.364. The van der Waals surface area contributed by atoms with Crippen molar-refractivity contribution in [2.75, 3.05) is 6.54 Å². The van der Waals surface area contributed by atoms with Crippen LogP contribution in [-0.2, 0) is 6.42 Å². The number of rotatable bonds is 3. The highest BCUT2D eigenvalue weighted by Crippen LogP contribution is 1.95. The van der Waals surface area contributed by atoms with E-state index in [0.29, 0.717) is 0 Å². The van der Waals surface area contributed by atoms with Crippen LogP contribution in [0.15, 0.2) is 24.5 Å². The Morgan fingerprint density at radius 1 is 1.38 bits per heavy atom. The molecule has 0 unspecified atom stereocenters. The predicted octanol–water partition coefficient (Wildman–Crippen LogP) is 1.37. The molecule has 0 aliphatic heterocycles. The van der Waals surface area contributed by atoms with Crippen LogP contribution in [0.2, 0.25) is 0 Å². The number of hydrogen-bond acceptors (Lipinski definition) is 2. The summed E-state index contributed by atoms with van der Waals surface area (Å²) in [4.78, 5) is 4.01. The summed E-state index contributed by atoms with van der Waals surface area (Å²) in [6, 6.07) is 3.96. The standard InChI is InChI=1S/C11H14N2/c12-8-4-2-1-3-6-11-7-5-9-13-10-11/h5,7,9-10H,2,4,6,8,12H2. The molecule has 2 nitrogen and oxygen atoms in total. The van der Waals surface area contributed by atoms with Crippen LogP contribution in [0.3, 0.4) is 0 Å². The third-order valence-electron chi connectivity index (χ3n) is 1.65. The van der Waals surface area contributed by atoms with E-state index in [1.807, 2.05) is 18.3 Å². The molecule has 1 heterocycles. The van der Waals surface area contributed by atoms with Crippen molar-refractivity contribution in [1.82, 2.24) is 4.98 Å². The van der Waals surface area contributed by atoms with Crippen LogP contribution in [0.25, 0.3) is 0 Å². The summed E-state index contributed by atoms with van der Waals surface area (Å²) in [5, 5.41) is 0. The average Bonchev–Trinajstić information content (AvgIpc) is 2.19. The molecule has 1 aromatic rings. The largest absolute Gasteiger partial charge is 0.330 e. The lowest BCUT2D eigenvalue weighted by Crippen LogP contribution is -1.96. The molecule has 0 bridgehead atoms. The Bertz CT molecular complexity index is 282. The molecule has 0 spiro atoms. The van der Waals surface area contributed by atoms with Gasteiger partial charge in [-0.3, -0.25) is 4.98 Å². The number of nitrogens with zero attached hydrogens (tertiary/aromatic N) is 1. The van der Waals surface area contributed by atoms with Gasteiger partial charge in [0.05, 0.1) is 0 Å². The van der Waals surface area contributed by atoms with Crippen LogP contribution in [0.4, 0.5) is 0 Å². The second kappa shape index (κ2) is 6.22. The second-order valence-corrected chi connectivity index (χ2v) is 2.78. The summed E-state index contributed by atoms with van der Waals surface area (Å²) >= 11 is 0. The zero-order chi connectivity index (χ0) is 9.36. The van der Waals surface area contributed by atoms with E-state index in [2.05, 4.69) is 16.8 Å². The molecule has 0 aromatic carbocycles. The van der Waals surface area contributed by atoms with Gasteiger partial charge in [0.2, 0.25) is 0 Å². The lowest BCUT2D eigenvalue weighted by molar-refractivity contribution is 0.869. The SMILES string of the molecule is NCCCC#CCc1cccnc1. The first-order chi connectivity index (χ1) is 6.43. The lowest BCUT2D eigenvalue weighted by Gasteiger charge is -1.90. The number of hydrogen-bond donors (Lipinski definition) is 1. The maximum atomic E-state index is 5.34. The van der Waals surface area contributed by atoms with E-state index in [4.69, 9.17) is 5.73 Å². The summed E-state index contributed by atoms with van der Waals surface area (Å²) in [6.45, 7) is 0.724. The Morgan fingerprint density at radius 2 is 2.31 bits per heavy atom. The van der Waals surface area contributed by atoms with E-state index in [1.165, 1.54) is 5.56 Å². The number of aromatic nitrogens is 1.